The molecule has 1 aliphatic heterocycles. The third kappa shape index (κ3) is 14.0. The number of benzene rings is 1. The molecule has 0 spiro atoms. The summed E-state index contributed by atoms with van der Waals surface area (Å²) in [5.41, 5.74) is 3.69. The first kappa shape index (κ1) is 35.1. The van der Waals surface area contributed by atoms with Gasteiger partial charge < -0.3 is 9.64 Å². The molecule has 0 amide bonds. The maximum absolute atomic E-state index is 13.5. The summed E-state index contributed by atoms with van der Waals surface area (Å²) < 4.78 is 65.5. The smallest absolute Gasteiger partial charge is 0.406 e. The first-order valence-electron chi connectivity index (χ1n) is 13.7. The van der Waals surface area contributed by atoms with Gasteiger partial charge >= 0.3 is 6.36 Å². The monoisotopic (exact) mass is 533 g/mol. The lowest BCUT2D eigenvalue weighted by atomic mass is 9.83. The molecule has 1 fully saturated rings. The van der Waals surface area contributed by atoms with Gasteiger partial charge in [-0.05, 0) is 101 Å². The van der Waals surface area contributed by atoms with Gasteiger partial charge in [-0.2, -0.15) is 0 Å². The second-order valence-electron chi connectivity index (χ2n) is 9.32. The maximum atomic E-state index is 13.5. The van der Waals surface area contributed by atoms with E-state index in [1.54, 1.807) is 19.1 Å². The molecule has 0 radical (unpaired) electrons. The highest BCUT2D eigenvalue weighted by atomic mass is 19.4. The van der Waals surface area contributed by atoms with Crippen LogP contribution in [-0.4, -0.2) is 37.3 Å². The number of alkyl halides is 5. The molecule has 0 aromatic heterocycles. The molecule has 1 atom stereocenters. The van der Waals surface area contributed by atoms with Gasteiger partial charge in [-0.25, -0.2) is 8.78 Å². The Bertz CT molecular complexity index is 791. The predicted molar refractivity (Wildman–Crippen MR) is 145 cm³/mol. The van der Waals surface area contributed by atoms with E-state index < -0.39 is 12.8 Å². The van der Waals surface area contributed by atoms with Gasteiger partial charge in [0.1, 0.15) is 5.75 Å². The van der Waals surface area contributed by atoms with Crippen LogP contribution in [0.1, 0.15) is 86.1 Å². The fourth-order valence-corrected chi connectivity index (χ4v) is 4.15. The van der Waals surface area contributed by atoms with Gasteiger partial charge in [-0.1, -0.05) is 70.9 Å². The summed E-state index contributed by atoms with van der Waals surface area (Å²) >= 11 is 0. The van der Waals surface area contributed by atoms with Crippen LogP contribution in [0.15, 0.2) is 47.1 Å². The number of halogens is 5. The van der Waals surface area contributed by atoms with Gasteiger partial charge in [-0.15, -0.1) is 13.2 Å². The second kappa shape index (κ2) is 18.4. The fraction of sp³-hybridized carbons (Fsp3) is 0.667. The van der Waals surface area contributed by atoms with E-state index in [0.717, 1.165) is 50.9 Å². The minimum absolute atomic E-state index is 0.0464. The molecular weight excluding hydrogens is 485 g/mol. The molecular formula is C30H48F5NO. The van der Waals surface area contributed by atoms with E-state index in [9.17, 15) is 22.0 Å². The zero-order chi connectivity index (χ0) is 28.6. The molecule has 0 aliphatic carbocycles. The molecule has 1 aromatic rings. The minimum Gasteiger partial charge on any atom is -0.406 e. The third-order valence-electron chi connectivity index (χ3n) is 6.60. The zero-order valence-electron chi connectivity index (χ0n) is 24.0. The van der Waals surface area contributed by atoms with Crippen LogP contribution in [0.4, 0.5) is 22.0 Å². The summed E-state index contributed by atoms with van der Waals surface area (Å²) in [5, 5.41) is 0. The van der Waals surface area contributed by atoms with Crippen molar-refractivity contribution in [1.82, 2.24) is 4.90 Å². The number of hydrogen-bond donors (Lipinski definition) is 0. The summed E-state index contributed by atoms with van der Waals surface area (Å²) in [7, 11) is 0. The van der Waals surface area contributed by atoms with Gasteiger partial charge in [0.05, 0.1) is 0 Å². The maximum Gasteiger partial charge on any atom is 0.573 e. The van der Waals surface area contributed by atoms with E-state index in [1.807, 2.05) is 33.8 Å². The summed E-state index contributed by atoms with van der Waals surface area (Å²) in [6.07, 6.45) is 0.00430. The highest BCUT2D eigenvalue weighted by molar-refractivity contribution is 5.32. The number of hydrogen-bond acceptors (Lipinski definition) is 2. The Labute approximate surface area is 222 Å². The van der Waals surface area contributed by atoms with Crippen molar-refractivity contribution < 1.29 is 26.7 Å². The fourth-order valence-electron chi connectivity index (χ4n) is 4.15. The normalized spacial score (nSPS) is 16.8. The van der Waals surface area contributed by atoms with Crippen molar-refractivity contribution in [2.24, 2.45) is 11.8 Å². The van der Waals surface area contributed by atoms with E-state index >= 15 is 0 Å². The molecule has 1 aliphatic rings. The Kier molecular flexibility index (Phi) is 17.4. The lowest BCUT2D eigenvalue weighted by Crippen LogP contribution is -2.34. The Balaban J connectivity index is 0.000000775. The average molecular weight is 534 g/mol. The van der Waals surface area contributed by atoms with Crippen LogP contribution in [-0.2, 0) is 0 Å². The van der Waals surface area contributed by atoms with Gasteiger partial charge in [0.2, 0.25) is 0 Å². The molecule has 2 rings (SSSR count). The van der Waals surface area contributed by atoms with E-state index in [4.69, 9.17) is 0 Å². The van der Waals surface area contributed by atoms with Crippen molar-refractivity contribution in [2.75, 3.05) is 19.6 Å². The predicted octanol–water partition coefficient (Wildman–Crippen LogP) is 9.99. The van der Waals surface area contributed by atoms with Crippen LogP contribution in [0.3, 0.4) is 0 Å². The Morgan fingerprint density at radius 2 is 1.59 bits per heavy atom. The Morgan fingerprint density at radius 3 is 2.00 bits per heavy atom. The quantitative estimate of drug-likeness (QED) is 0.231. The van der Waals surface area contributed by atoms with Crippen LogP contribution in [0.2, 0.25) is 0 Å². The molecule has 7 heteroatoms. The molecule has 0 saturated carbocycles. The van der Waals surface area contributed by atoms with Crippen molar-refractivity contribution in [3.63, 3.8) is 0 Å². The summed E-state index contributed by atoms with van der Waals surface area (Å²) in [6, 6.07) is 5.67. The molecule has 1 unspecified atom stereocenters. The van der Waals surface area contributed by atoms with Crippen molar-refractivity contribution in [3.05, 3.63) is 52.6 Å². The van der Waals surface area contributed by atoms with Crippen LogP contribution < -0.4 is 4.74 Å². The minimum atomic E-state index is -4.60. The molecule has 0 bridgehead atoms. The van der Waals surface area contributed by atoms with Crippen LogP contribution in [0.5, 0.6) is 5.75 Å². The Morgan fingerprint density at radius 1 is 1.05 bits per heavy atom. The average Bonchev–Trinajstić information content (AvgIpc) is 2.86. The Hall–Kier alpha value is -1.89. The first-order valence-corrected chi connectivity index (χ1v) is 13.7. The molecule has 1 aromatic carbocycles. The highest BCUT2D eigenvalue weighted by Crippen LogP contribution is 2.33. The number of ether oxygens (including phenoxy) is 1. The standard InChI is InChI=1S/C20H35F2N.C8H7F3O.C2H6/c1-6-11-23-12-9-17(10-13-23)18(15(4)7-2)14-19(20(21)22)16(5)8-3;1-6-2-4-7(5-3-6)12-8(9,10)11;1-2/h14,16-17,20H,6-13H2,1-5H3;2-5H,1H3;1-2H3/b18-15?,19-14+;;. The van der Waals surface area contributed by atoms with Gasteiger partial charge in [0.15, 0.2) is 0 Å². The number of nitrogens with zero attached hydrogens (tertiary/aromatic N) is 1. The number of likely N-dealkylation sites (tertiary alicyclic amines) is 1. The van der Waals surface area contributed by atoms with Crippen LogP contribution in [0.25, 0.3) is 0 Å². The summed E-state index contributed by atoms with van der Waals surface area (Å²) in [6.45, 7) is 19.5. The molecule has 214 valence electrons. The van der Waals surface area contributed by atoms with Gasteiger partial charge in [-0.3, -0.25) is 0 Å². The number of rotatable bonds is 9. The molecule has 1 saturated heterocycles. The van der Waals surface area contributed by atoms with Crippen molar-refractivity contribution in [3.8, 4) is 5.75 Å². The number of aryl methyl sites for hydroxylation is 1. The van der Waals surface area contributed by atoms with E-state index in [1.165, 1.54) is 29.7 Å². The van der Waals surface area contributed by atoms with E-state index in [2.05, 4.69) is 30.4 Å². The summed E-state index contributed by atoms with van der Waals surface area (Å²) in [5.74, 6) is 0.212. The lowest BCUT2D eigenvalue weighted by Gasteiger charge is -2.33. The molecule has 1 heterocycles. The lowest BCUT2D eigenvalue weighted by molar-refractivity contribution is -0.274. The van der Waals surface area contributed by atoms with Crippen molar-refractivity contribution in [2.45, 2.75) is 100 Å². The number of allylic oxidation sites excluding steroid dienone is 4. The van der Waals surface area contributed by atoms with Crippen LogP contribution in [0, 0.1) is 18.8 Å². The van der Waals surface area contributed by atoms with E-state index in [-0.39, 0.29) is 11.7 Å². The van der Waals surface area contributed by atoms with Crippen molar-refractivity contribution in [1.29, 1.82) is 0 Å². The molecule has 37 heavy (non-hydrogen) atoms. The molecule has 2 nitrogen and oxygen atoms in total. The second-order valence-corrected chi connectivity index (χ2v) is 9.32. The highest BCUT2D eigenvalue weighted by Gasteiger charge is 2.31. The molecule has 0 N–H and O–H groups in total. The van der Waals surface area contributed by atoms with Gasteiger partial charge in [0, 0.05) is 0 Å². The SMILES string of the molecule is CC.CCCN1CCC(C(/C=C(/C(F)F)C(C)CC)=C(C)CC)CC1.Cc1ccc(OC(F)(F)F)cc1. The first-order chi connectivity index (χ1) is 17.4. The number of piperidine rings is 1. The van der Waals surface area contributed by atoms with Gasteiger partial charge in [0.25, 0.3) is 6.43 Å². The van der Waals surface area contributed by atoms with Crippen LogP contribution >= 0.6 is 0 Å². The third-order valence-corrected chi connectivity index (χ3v) is 6.60. The largest absolute Gasteiger partial charge is 0.573 e. The zero-order valence-corrected chi connectivity index (χ0v) is 24.0. The van der Waals surface area contributed by atoms with E-state index in [0.29, 0.717) is 11.5 Å². The topological polar surface area (TPSA) is 12.5 Å². The summed E-state index contributed by atoms with van der Waals surface area (Å²) in [4.78, 5) is 2.50. The van der Waals surface area contributed by atoms with Crippen molar-refractivity contribution >= 4 is 0 Å².